The average molecular weight is 296 g/mol. The first kappa shape index (κ1) is 16.9. The third-order valence-corrected chi connectivity index (χ3v) is 2.75. The van der Waals surface area contributed by atoms with Crippen LogP contribution >= 0.6 is 0 Å². The van der Waals surface area contributed by atoms with Crippen LogP contribution in [0.25, 0.3) is 0 Å². The maximum atomic E-state index is 11.6. The van der Waals surface area contributed by atoms with Crippen molar-refractivity contribution in [3.63, 3.8) is 0 Å². The molecule has 1 heterocycles. The molecule has 1 unspecified atom stereocenters. The summed E-state index contributed by atoms with van der Waals surface area (Å²) in [5.74, 6) is 0.684. The highest BCUT2D eigenvalue weighted by Gasteiger charge is 2.17. The van der Waals surface area contributed by atoms with Crippen molar-refractivity contribution in [1.29, 1.82) is 0 Å². The van der Waals surface area contributed by atoms with Gasteiger partial charge in [-0.2, -0.15) is 15.0 Å². The molecule has 0 saturated carbocycles. The first-order valence-electron chi connectivity index (χ1n) is 6.90. The van der Waals surface area contributed by atoms with E-state index in [1.807, 2.05) is 27.8 Å². The molecule has 1 atom stereocenters. The minimum Gasteiger partial charge on any atom is -0.461 e. The van der Waals surface area contributed by atoms with Gasteiger partial charge in [0, 0.05) is 27.7 Å². The van der Waals surface area contributed by atoms with Crippen LogP contribution in [0.2, 0.25) is 0 Å². The topological polar surface area (TPSA) is 92.3 Å². The van der Waals surface area contributed by atoms with E-state index in [0.717, 1.165) is 0 Å². The number of rotatable bonds is 7. The maximum Gasteiger partial charge on any atom is 0.323 e. The molecule has 0 aliphatic rings. The predicted molar refractivity (Wildman–Crippen MR) is 81.6 cm³/mol. The number of ether oxygens (including phenoxy) is 1. The Bertz CT molecular complexity index is 480. The van der Waals surface area contributed by atoms with Crippen LogP contribution in [0.4, 0.5) is 11.9 Å². The number of hydrogen-bond acceptors (Lipinski definition) is 7. The third kappa shape index (κ3) is 5.05. The van der Waals surface area contributed by atoms with E-state index in [2.05, 4.69) is 25.6 Å². The number of nitrogens with zero attached hydrogens (tertiary/aromatic N) is 4. The Labute approximate surface area is 125 Å². The molecule has 1 amide bonds. The second-order valence-electron chi connectivity index (χ2n) is 5.05. The van der Waals surface area contributed by atoms with Crippen molar-refractivity contribution in [2.75, 3.05) is 37.9 Å². The van der Waals surface area contributed by atoms with Gasteiger partial charge in [-0.05, 0) is 13.8 Å². The lowest BCUT2D eigenvalue weighted by Gasteiger charge is -2.21. The van der Waals surface area contributed by atoms with E-state index >= 15 is 0 Å². The third-order valence-electron chi connectivity index (χ3n) is 2.75. The van der Waals surface area contributed by atoms with Gasteiger partial charge >= 0.3 is 6.01 Å². The van der Waals surface area contributed by atoms with Gasteiger partial charge in [0.15, 0.2) is 0 Å². The van der Waals surface area contributed by atoms with E-state index in [-0.39, 0.29) is 23.9 Å². The maximum absolute atomic E-state index is 11.6. The standard InChI is InChI=1S/C13H24N6O2/c1-8(2)21-13-17-11(15-5)16-12(18-13)19(6)7-9(3)10(20)14-4/h8-9H,7H2,1-6H3,(H,14,20)(H,15,16,17,18). The van der Waals surface area contributed by atoms with Crippen LogP contribution in [0.3, 0.4) is 0 Å². The average Bonchev–Trinajstić information content (AvgIpc) is 2.44. The lowest BCUT2D eigenvalue weighted by molar-refractivity contribution is -0.123. The monoisotopic (exact) mass is 296 g/mol. The molecule has 0 radical (unpaired) electrons. The fourth-order valence-corrected chi connectivity index (χ4v) is 1.71. The molecule has 21 heavy (non-hydrogen) atoms. The molecule has 1 rings (SSSR count). The zero-order chi connectivity index (χ0) is 16.0. The Hall–Kier alpha value is -2.12. The Morgan fingerprint density at radius 1 is 1.24 bits per heavy atom. The van der Waals surface area contributed by atoms with E-state index in [0.29, 0.717) is 18.4 Å². The summed E-state index contributed by atoms with van der Waals surface area (Å²) in [4.78, 5) is 26.1. The second-order valence-corrected chi connectivity index (χ2v) is 5.05. The lowest BCUT2D eigenvalue weighted by Crippen LogP contribution is -2.35. The van der Waals surface area contributed by atoms with Crippen LogP contribution in [-0.4, -0.2) is 54.7 Å². The van der Waals surface area contributed by atoms with Crippen molar-refractivity contribution >= 4 is 17.8 Å². The van der Waals surface area contributed by atoms with Gasteiger partial charge in [0.1, 0.15) is 0 Å². The molecule has 0 aliphatic heterocycles. The fourth-order valence-electron chi connectivity index (χ4n) is 1.71. The van der Waals surface area contributed by atoms with Crippen molar-refractivity contribution in [1.82, 2.24) is 20.3 Å². The van der Waals surface area contributed by atoms with Gasteiger partial charge in [-0.15, -0.1) is 0 Å². The quantitative estimate of drug-likeness (QED) is 0.757. The van der Waals surface area contributed by atoms with Gasteiger partial charge in [0.25, 0.3) is 0 Å². The molecular weight excluding hydrogens is 272 g/mol. The summed E-state index contributed by atoms with van der Waals surface area (Å²) in [6, 6.07) is 0.263. The van der Waals surface area contributed by atoms with Crippen molar-refractivity contribution in [3.8, 4) is 6.01 Å². The van der Waals surface area contributed by atoms with Gasteiger partial charge in [-0.1, -0.05) is 6.92 Å². The van der Waals surface area contributed by atoms with Crippen molar-refractivity contribution < 1.29 is 9.53 Å². The van der Waals surface area contributed by atoms with E-state index < -0.39 is 0 Å². The van der Waals surface area contributed by atoms with Gasteiger partial charge in [-0.25, -0.2) is 0 Å². The minimum absolute atomic E-state index is 0.0246. The van der Waals surface area contributed by atoms with Crippen LogP contribution in [0.5, 0.6) is 6.01 Å². The predicted octanol–water partition coefficient (Wildman–Crippen LogP) is 0.519. The van der Waals surface area contributed by atoms with E-state index in [1.54, 1.807) is 19.0 Å². The zero-order valence-corrected chi connectivity index (χ0v) is 13.5. The number of amides is 1. The second kappa shape index (κ2) is 7.61. The minimum atomic E-state index is -0.177. The van der Waals surface area contributed by atoms with Crippen molar-refractivity contribution in [3.05, 3.63) is 0 Å². The number of anilines is 2. The molecule has 0 aromatic carbocycles. The first-order valence-corrected chi connectivity index (χ1v) is 6.90. The SMILES string of the molecule is CNC(=O)C(C)CN(C)c1nc(NC)nc(OC(C)C)n1. The summed E-state index contributed by atoms with van der Waals surface area (Å²) >= 11 is 0. The van der Waals surface area contributed by atoms with Gasteiger partial charge in [0.2, 0.25) is 17.8 Å². The normalized spacial score (nSPS) is 12.0. The highest BCUT2D eigenvalue weighted by Crippen LogP contribution is 2.15. The highest BCUT2D eigenvalue weighted by atomic mass is 16.5. The molecule has 1 aromatic rings. The molecule has 8 nitrogen and oxygen atoms in total. The van der Waals surface area contributed by atoms with E-state index in [1.165, 1.54) is 0 Å². The molecule has 0 fully saturated rings. The molecule has 0 spiro atoms. The Kier molecular flexibility index (Phi) is 6.13. The van der Waals surface area contributed by atoms with Crippen molar-refractivity contribution in [2.24, 2.45) is 5.92 Å². The van der Waals surface area contributed by atoms with E-state index in [4.69, 9.17) is 4.74 Å². The summed E-state index contributed by atoms with van der Waals surface area (Å²) in [5.41, 5.74) is 0. The Morgan fingerprint density at radius 2 is 1.90 bits per heavy atom. The Balaban J connectivity index is 2.91. The smallest absolute Gasteiger partial charge is 0.323 e. The van der Waals surface area contributed by atoms with Crippen LogP contribution in [0.15, 0.2) is 0 Å². The molecule has 8 heteroatoms. The van der Waals surface area contributed by atoms with Gasteiger partial charge in [0.05, 0.1) is 12.0 Å². The number of carbonyl (C=O) groups is 1. The fraction of sp³-hybridized carbons (Fsp3) is 0.692. The zero-order valence-electron chi connectivity index (χ0n) is 13.5. The highest BCUT2D eigenvalue weighted by molar-refractivity contribution is 5.78. The molecule has 1 aromatic heterocycles. The van der Waals surface area contributed by atoms with Crippen LogP contribution in [0, 0.1) is 5.92 Å². The van der Waals surface area contributed by atoms with Crippen molar-refractivity contribution in [2.45, 2.75) is 26.9 Å². The number of carbonyl (C=O) groups excluding carboxylic acids is 1. The summed E-state index contributed by atoms with van der Waals surface area (Å²) in [6.07, 6.45) is -0.0277. The molecule has 0 aliphatic carbocycles. The summed E-state index contributed by atoms with van der Waals surface area (Å²) in [5, 5.41) is 5.50. The number of hydrogen-bond donors (Lipinski definition) is 2. The van der Waals surface area contributed by atoms with Gasteiger partial charge < -0.3 is 20.3 Å². The summed E-state index contributed by atoms with van der Waals surface area (Å²) in [6.45, 7) is 6.15. The molecule has 0 saturated heterocycles. The van der Waals surface area contributed by atoms with Crippen LogP contribution in [0.1, 0.15) is 20.8 Å². The van der Waals surface area contributed by atoms with Crippen LogP contribution < -0.4 is 20.3 Å². The largest absolute Gasteiger partial charge is 0.461 e. The lowest BCUT2D eigenvalue weighted by atomic mass is 10.1. The van der Waals surface area contributed by atoms with Crippen LogP contribution in [-0.2, 0) is 4.79 Å². The summed E-state index contributed by atoms with van der Waals surface area (Å²) in [7, 11) is 5.17. The molecular formula is C13H24N6O2. The number of nitrogens with one attached hydrogen (secondary N) is 2. The summed E-state index contributed by atoms with van der Waals surface area (Å²) < 4.78 is 5.51. The van der Waals surface area contributed by atoms with Gasteiger partial charge in [-0.3, -0.25) is 4.79 Å². The Morgan fingerprint density at radius 3 is 2.43 bits per heavy atom. The molecule has 2 N–H and O–H groups in total. The molecule has 0 bridgehead atoms. The first-order chi connectivity index (χ1) is 9.87. The molecule has 118 valence electrons. The van der Waals surface area contributed by atoms with E-state index in [9.17, 15) is 4.79 Å². The number of aromatic nitrogens is 3.